The predicted molar refractivity (Wildman–Crippen MR) is 97.5 cm³/mol. The number of hydrogen-bond acceptors (Lipinski definition) is 5. The Morgan fingerprint density at radius 3 is 2.77 bits per heavy atom. The van der Waals surface area contributed by atoms with Crippen LogP contribution in [0, 0.1) is 0 Å². The third-order valence-electron chi connectivity index (χ3n) is 4.42. The first-order chi connectivity index (χ1) is 12.5. The van der Waals surface area contributed by atoms with E-state index < -0.39 is 12.0 Å². The molecule has 0 aliphatic carbocycles. The molecule has 0 unspecified atom stereocenters. The Balaban J connectivity index is 1.85. The van der Waals surface area contributed by atoms with E-state index in [9.17, 15) is 9.59 Å². The van der Waals surface area contributed by atoms with E-state index in [2.05, 4.69) is 10.4 Å². The largest absolute Gasteiger partial charge is 0.463 e. The summed E-state index contributed by atoms with van der Waals surface area (Å²) in [5, 5.41) is 7.61. The highest BCUT2D eigenvalue weighted by atomic mass is 32.1. The van der Waals surface area contributed by atoms with E-state index in [0.29, 0.717) is 22.5 Å². The third-order valence-corrected chi connectivity index (χ3v) is 4.72. The van der Waals surface area contributed by atoms with Gasteiger partial charge in [-0.25, -0.2) is 9.48 Å². The Labute approximate surface area is 155 Å². The van der Waals surface area contributed by atoms with Gasteiger partial charge in [-0.2, -0.15) is 5.10 Å². The number of fused-ring (bicyclic) bond motifs is 3. The number of carbonyl (C=O) groups excluding carboxylic acids is 2. The quantitative estimate of drug-likeness (QED) is 0.660. The summed E-state index contributed by atoms with van der Waals surface area (Å²) >= 11 is 5.31. The van der Waals surface area contributed by atoms with Gasteiger partial charge in [0, 0.05) is 17.5 Å². The fraction of sp³-hybridized carbons (Fsp3) is 0.222. The fourth-order valence-corrected chi connectivity index (χ4v) is 3.64. The van der Waals surface area contributed by atoms with Crippen LogP contribution in [-0.2, 0) is 9.53 Å². The standard InChI is InChI=1S/C18H16N4O3S/c1-3-25-17(24)13-10(2)19-18(26)22-15(13)12-9-21(20-14(12)16(22)23)11-7-5-4-6-8-11/h4-9,15H,3H2,1-2H3,(H,19,26)/t15-/m1/s1. The van der Waals surface area contributed by atoms with Gasteiger partial charge in [0.05, 0.1) is 17.9 Å². The highest BCUT2D eigenvalue weighted by Crippen LogP contribution is 2.42. The summed E-state index contributed by atoms with van der Waals surface area (Å²) in [6, 6.07) is 8.86. The fourth-order valence-electron chi connectivity index (χ4n) is 3.30. The number of para-hydroxylation sites is 1. The van der Waals surface area contributed by atoms with Crippen LogP contribution in [0.25, 0.3) is 5.69 Å². The summed E-state index contributed by atoms with van der Waals surface area (Å²) in [5.41, 5.74) is 2.73. The second-order valence-corrected chi connectivity index (χ2v) is 6.37. The van der Waals surface area contributed by atoms with Crippen molar-refractivity contribution in [1.82, 2.24) is 20.0 Å². The van der Waals surface area contributed by atoms with Crippen LogP contribution in [0.2, 0.25) is 0 Å². The van der Waals surface area contributed by atoms with Gasteiger partial charge < -0.3 is 10.1 Å². The van der Waals surface area contributed by atoms with Gasteiger partial charge >= 0.3 is 5.97 Å². The van der Waals surface area contributed by atoms with Crippen LogP contribution >= 0.6 is 12.2 Å². The second-order valence-electron chi connectivity index (χ2n) is 5.98. The summed E-state index contributed by atoms with van der Waals surface area (Å²) < 4.78 is 6.83. The molecule has 132 valence electrons. The number of carbonyl (C=O) groups is 2. The lowest BCUT2D eigenvalue weighted by Crippen LogP contribution is -2.48. The second kappa shape index (κ2) is 6.06. The average molecular weight is 368 g/mol. The van der Waals surface area contributed by atoms with Gasteiger partial charge in [0.15, 0.2) is 10.8 Å². The van der Waals surface area contributed by atoms with Crippen LogP contribution in [0.1, 0.15) is 35.9 Å². The molecule has 0 fully saturated rings. The molecule has 0 radical (unpaired) electrons. The average Bonchev–Trinajstić information content (AvgIpc) is 3.16. The number of amides is 1. The number of allylic oxidation sites excluding steroid dienone is 1. The van der Waals surface area contributed by atoms with Crippen LogP contribution in [0.4, 0.5) is 0 Å². The molecule has 0 saturated heterocycles. The molecule has 1 aromatic carbocycles. The summed E-state index contributed by atoms with van der Waals surface area (Å²) in [5.74, 6) is -0.797. The molecule has 2 aromatic rings. The summed E-state index contributed by atoms with van der Waals surface area (Å²) in [4.78, 5) is 26.8. The van der Waals surface area contributed by atoms with Crippen LogP contribution in [0.15, 0.2) is 47.8 Å². The number of hydrogen-bond donors (Lipinski definition) is 1. The van der Waals surface area contributed by atoms with E-state index in [1.165, 1.54) is 4.90 Å². The molecule has 1 atom stereocenters. The topological polar surface area (TPSA) is 76.5 Å². The third kappa shape index (κ3) is 2.33. The maximum atomic E-state index is 12.9. The lowest BCUT2D eigenvalue weighted by atomic mass is 9.98. The first-order valence-corrected chi connectivity index (χ1v) is 8.61. The predicted octanol–water partition coefficient (Wildman–Crippen LogP) is 2.09. The molecule has 3 heterocycles. The van der Waals surface area contributed by atoms with Crippen molar-refractivity contribution in [3.63, 3.8) is 0 Å². The number of benzene rings is 1. The maximum absolute atomic E-state index is 12.9. The van der Waals surface area contributed by atoms with Crippen molar-refractivity contribution in [2.24, 2.45) is 0 Å². The van der Waals surface area contributed by atoms with E-state index >= 15 is 0 Å². The Morgan fingerprint density at radius 1 is 1.35 bits per heavy atom. The lowest BCUT2D eigenvalue weighted by molar-refractivity contribution is -0.139. The highest BCUT2D eigenvalue weighted by molar-refractivity contribution is 7.80. The van der Waals surface area contributed by atoms with Crippen molar-refractivity contribution in [2.75, 3.05) is 6.61 Å². The Kier molecular flexibility index (Phi) is 3.84. The Bertz CT molecular complexity index is 964. The van der Waals surface area contributed by atoms with Gasteiger partial charge in [-0.3, -0.25) is 9.69 Å². The maximum Gasteiger partial charge on any atom is 0.338 e. The zero-order valence-corrected chi connectivity index (χ0v) is 15.0. The Hall–Kier alpha value is -3.00. The molecule has 8 heteroatoms. The Morgan fingerprint density at radius 2 is 2.08 bits per heavy atom. The minimum absolute atomic E-state index is 0.247. The molecule has 0 spiro atoms. The minimum atomic E-state index is -0.622. The van der Waals surface area contributed by atoms with Crippen molar-refractivity contribution >= 4 is 29.2 Å². The van der Waals surface area contributed by atoms with Crippen LogP contribution in [0.3, 0.4) is 0 Å². The van der Waals surface area contributed by atoms with Gasteiger partial charge in [-0.15, -0.1) is 0 Å². The van der Waals surface area contributed by atoms with Crippen molar-refractivity contribution < 1.29 is 14.3 Å². The number of esters is 1. The number of ether oxygens (including phenoxy) is 1. The van der Waals surface area contributed by atoms with Gasteiger partial charge in [-0.05, 0) is 38.2 Å². The van der Waals surface area contributed by atoms with E-state index in [1.807, 2.05) is 30.3 Å². The van der Waals surface area contributed by atoms with Crippen molar-refractivity contribution in [2.45, 2.75) is 19.9 Å². The van der Waals surface area contributed by atoms with Crippen LogP contribution in [0.5, 0.6) is 0 Å². The molecule has 1 aromatic heterocycles. The van der Waals surface area contributed by atoms with Gasteiger partial charge in [0.2, 0.25) is 0 Å². The monoisotopic (exact) mass is 368 g/mol. The van der Waals surface area contributed by atoms with Gasteiger partial charge in [0.1, 0.15) is 6.04 Å². The number of thiocarbonyl (C=S) groups is 1. The molecule has 0 bridgehead atoms. The number of aromatic nitrogens is 2. The van der Waals surface area contributed by atoms with Crippen molar-refractivity contribution in [3.8, 4) is 5.69 Å². The number of nitrogens with one attached hydrogen (secondary N) is 1. The van der Waals surface area contributed by atoms with Crippen molar-refractivity contribution in [1.29, 1.82) is 0 Å². The number of rotatable bonds is 3. The summed E-state index contributed by atoms with van der Waals surface area (Å²) in [6.45, 7) is 3.74. The summed E-state index contributed by atoms with van der Waals surface area (Å²) in [7, 11) is 0. The molecule has 4 rings (SSSR count). The first kappa shape index (κ1) is 16.5. The zero-order valence-electron chi connectivity index (χ0n) is 14.2. The molecular formula is C18H16N4O3S. The molecule has 26 heavy (non-hydrogen) atoms. The van der Waals surface area contributed by atoms with Gasteiger partial charge in [-0.1, -0.05) is 18.2 Å². The van der Waals surface area contributed by atoms with E-state index in [1.54, 1.807) is 24.7 Å². The molecular weight excluding hydrogens is 352 g/mol. The molecule has 7 nitrogen and oxygen atoms in total. The number of nitrogens with zero attached hydrogens (tertiary/aromatic N) is 3. The smallest absolute Gasteiger partial charge is 0.338 e. The molecule has 1 amide bonds. The molecule has 0 saturated carbocycles. The SMILES string of the molecule is CCOC(=O)C1=C(C)NC(=S)N2C(=O)c3nn(-c4ccccc4)cc3[C@H]12. The van der Waals surface area contributed by atoms with Gasteiger partial charge in [0.25, 0.3) is 5.91 Å². The van der Waals surface area contributed by atoms with E-state index in [-0.39, 0.29) is 17.6 Å². The summed E-state index contributed by atoms with van der Waals surface area (Å²) in [6.07, 6.45) is 1.77. The van der Waals surface area contributed by atoms with E-state index in [0.717, 1.165) is 5.69 Å². The zero-order chi connectivity index (χ0) is 18.4. The molecule has 2 aliphatic heterocycles. The van der Waals surface area contributed by atoms with E-state index in [4.69, 9.17) is 17.0 Å². The normalized spacial score (nSPS) is 18.5. The molecule has 1 N–H and O–H groups in total. The first-order valence-electron chi connectivity index (χ1n) is 8.20. The minimum Gasteiger partial charge on any atom is -0.463 e. The molecule has 2 aliphatic rings. The van der Waals surface area contributed by atoms with Crippen LogP contribution in [-0.4, -0.2) is 38.3 Å². The highest BCUT2D eigenvalue weighted by Gasteiger charge is 2.49. The lowest BCUT2D eigenvalue weighted by Gasteiger charge is -2.33. The van der Waals surface area contributed by atoms with Crippen molar-refractivity contribution in [3.05, 3.63) is 59.1 Å². The van der Waals surface area contributed by atoms with Crippen LogP contribution < -0.4 is 5.32 Å².